The van der Waals surface area contributed by atoms with Gasteiger partial charge in [0.15, 0.2) is 0 Å². The largest absolute Gasteiger partial charge is 0.372 e. The van der Waals surface area contributed by atoms with Crippen LogP contribution < -0.4 is 11.5 Å². The van der Waals surface area contributed by atoms with Gasteiger partial charge in [-0.15, -0.1) is 0 Å². The number of halogens is 1. The third-order valence-corrected chi connectivity index (χ3v) is 3.29. The van der Waals surface area contributed by atoms with E-state index < -0.39 is 11.7 Å². The fourth-order valence-corrected chi connectivity index (χ4v) is 2.20. The minimum Gasteiger partial charge on any atom is -0.372 e. The molecule has 1 amide bonds. The monoisotopic (exact) mass is 252 g/mol. The highest BCUT2D eigenvalue weighted by molar-refractivity contribution is 5.92. The van der Waals surface area contributed by atoms with Gasteiger partial charge < -0.3 is 16.2 Å². The summed E-state index contributed by atoms with van der Waals surface area (Å²) >= 11 is 0. The number of carbonyl (C=O) groups excluding carboxylic acids is 1. The Morgan fingerprint density at radius 3 is 2.83 bits per heavy atom. The van der Waals surface area contributed by atoms with E-state index in [1.807, 2.05) is 0 Å². The molecule has 0 aliphatic heterocycles. The summed E-state index contributed by atoms with van der Waals surface area (Å²) in [7, 11) is 0. The van der Waals surface area contributed by atoms with Gasteiger partial charge in [-0.2, -0.15) is 0 Å². The van der Waals surface area contributed by atoms with E-state index in [0.29, 0.717) is 5.56 Å². The number of benzene rings is 1. The van der Waals surface area contributed by atoms with Gasteiger partial charge in [-0.05, 0) is 37.5 Å². The van der Waals surface area contributed by atoms with Gasteiger partial charge in [-0.1, -0.05) is 0 Å². The molecular formula is C13H17FN2O2. The fraction of sp³-hybridized carbons (Fsp3) is 0.462. The lowest BCUT2D eigenvalue weighted by molar-refractivity contribution is 0.0342. The molecule has 1 aliphatic rings. The minimum atomic E-state index is -0.575. The van der Waals surface area contributed by atoms with Crippen molar-refractivity contribution in [3.8, 4) is 0 Å². The molecule has 98 valence electrons. The van der Waals surface area contributed by atoms with Crippen LogP contribution in [0, 0.1) is 5.82 Å². The molecule has 2 atom stereocenters. The fourth-order valence-electron chi connectivity index (χ4n) is 2.20. The van der Waals surface area contributed by atoms with Crippen molar-refractivity contribution in [3.05, 3.63) is 35.1 Å². The summed E-state index contributed by atoms with van der Waals surface area (Å²) in [4.78, 5) is 11.0. The Kier molecular flexibility index (Phi) is 3.93. The Hall–Kier alpha value is -1.46. The summed E-state index contributed by atoms with van der Waals surface area (Å²) in [6.45, 7) is 0.116. The molecule has 1 aromatic rings. The maximum absolute atomic E-state index is 13.5. The predicted octanol–water partition coefficient (Wildman–Crippen LogP) is 1.32. The van der Waals surface area contributed by atoms with Crippen molar-refractivity contribution in [1.82, 2.24) is 0 Å². The molecule has 1 aliphatic carbocycles. The summed E-state index contributed by atoms with van der Waals surface area (Å²) < 4.78 is 19.1. The summed E-state index contributed by atoms with van der Waals surface area (Å²) in [5.41, 5.74) is 11.6. The van der Waals surface area contributed by atoms with Crippen LogP contribution >= 0.6 is 0 Å². The number of hydrogen-bond acceptors (Lipinski definition) is 3. The van der Waals surface area contributed by atoms with Gasteiger partial charge in [0, 0.05) is 17.2 Å². The zero-order chi connectivity index (χ0) is 13.1. The van der Waals surface area contributed by atoms with Crippen LogP contribution in [-0.4, -0.2) is 18.1 Å². The number of carbonyl (C=O) groups is 1. The molecule has 0 spiro atoms. The molecular weight excluding hydrogens is 235 g/mol. The van der Waals surface area contributed by atoms with Gasteiger partial charge in [-0.3, -0.25) is 4.79 Å². The summed E-state index contributed by atoms with van der Waals surface area (Å²) in [6, 6.07) is 4.04. The molecule has 0 aromatic heterocycles. The second-order valence-electron chi connectivity index (χ2n) is 4.61. The van der Waals surface area contributed by atoms with Crippen molar-refractivity contribution in [2.24, 2.45) is 11.5 Å². The van der Waals surface area contributed by atoms with Crippen molar-refractivity contribution in [1.29, 1.82) is 0 Å². The van der Waals surface area contributed by atoms with Crippen LogP contribution in [0.25, 0.3) is 0 Å². The quantitative estimate of drug-likeness (QED) is 0.848. The zero-order valence-electron chi connectivity index (χ0n) is 10.1. The van der Waals surface area contributed by atoms with Gasteiger partial charge in [0.1, 0.15) is 5.82 Å². The molecule has 5 heteroatoms. The average Bonchev–Trinajstić information content (AvgIpc) is 2.73. The molecule has 2 unspecified atom stereocenters. The van der Waals surface area contributed by atoms with Crippen LogP contribution in [0.1, 0.15) is 35.2 Å². The van der Waals surface area contributed by atoms with Crippen molar-refractivity contribution in [2.75, 3.05) is 0 Å². The molecule has 0 radical (unpaired) electrons. The van der Waals surface area contributed by atoms with Crippen molar-refractivity contribution >= 4 is 5.91 Å². The Bertz CT molecular complexity index is 451. The minimum absolute atomic E-state index is 0.0207. The molecule has 0 bridgehead atoms. The highest BCUT2D eigenvalue weighted by atomic mass is 19.1. The Balaban J connectivity index is 2.04. The van der Waals surface area contributed by atoms with E-state index in [9.17, 15) is 9.18 Å². The third kappa shape index (κ3) is 2.86. The van der Waals surface area contributed by atoms with Crippen LogP contribution in [0.5, 0.6) is 0 Å². The Morgan fingerprint density at radius 2 is 2.22 bits per heavy atom. The third-order valence-electron chi connectivity index (χ3n) is 3.29. The smallest absolute Gasteiger partial charge is 0.248 e. The second-order valence-corrected chi connectivity index (χ2v) is 4.61. The molecule has 1 fully saturated rings. The number of ether oxygens (including phenoxy) is 1. The summed E-state index contributed by atoms with van der Waals surface area (Å²) in [6.07, 6.45) is 2.85. The van der Waals surface area contributed by atoms with Crippen LogP contribution in [0.15, 0.2) is 18.2 Å². The highest BCUT2D eigenvalue weighted by Crippen LogP contribution is 2.22. The maximum atomic E-state index is 13.5. The lowest BCUT2D eigenvalue weighted by Gasteiger charge is -2.16. The van der Waals surface area contributed by atoms with Gasteiger partial charge in [-0.25, -0.2) is 4.39 Å². The standard InChI is InChI=1S/C13H17FN2O2/c14-10-5-4-8(13(16)17)6-9(10)7-18-12-3-1-2-11(12)15/h4-6,11-12H,1-3,7,15H2,(H2,16,17). The van der Waals surface area contributed by atoms with E-state index in [0.717, 1.165) is 19.3 Å². The molecule has 0 heterocycles. The highest BCUT2D eigenvalue weighted by Gasteiger charge is 2.24. The Labute approximate surface area is 105 Å². The van der Waals surface area contributed by atoms with Crippen molar-refractivity contribution in [3.63, 3.8) is 0 Å². The first kappa shape index (κ1) is 13.0. The second kappa shape index (κ2) is 5.46. The van der Waals surface area contributed by atoms with Gasteiger partial charge in [0.25, 0.3) is 0 Å². The summed E-state index contributed by atoms with van der Waals surface area (Å²) in [5.74, 6) is -0.972. The van der Waals surface area contributed by atoms with Gasteiger partial charge in [0.2, 0.25) is 5.91 Å². The number of primary amides is 1. The van der Waals surface area contributed by atoms with Gasteiger partial charge >= 0.3 is 0 Å². The van der Waals surface area contributed by atoms with Crippen molar-refractivity contribution in [2.45, 2.75) is 38.0 Å². The van der Waals surface area contributed by atoms with E-state index >= 15 is 0 Å². The van der Waals surface area contributed by atoms with E-state index in [2.05, 4.69) is 0 Å². The van der Waals surface area contributed by atoms with Crippen LogP contribution in [0.4, 0.5) is 4.39 Å². The SMILES string of the molecule is NC(=O)c1ccc(F)c(COC2CCCC2N)c1. The first-order valence-electron chi connectivity index (χ1n) is 6.03. The molecule has 18 heavy (non-hydrogen) atoms. The van der Waals surface area contributed by atoms with E-state index in [1.54, 1.807) is 0 Å². The molecule has 1 aromatic carbocycles. The number of nitrogens with two attached hydrogens (primary N) is 2. The van der Waals surface area contributed by atoms with E-state index in [-0.39, 0.29) is 24.3 Å². The van der Waals surface area contributed by atoms with E-state index in [1.165, 1.54) is 18.2 Å². The number of amides is 1. The van der Waals surface area contributed by atoms with Crippen LogP contribution in [-0.2, 0) is 11.3 Å². The van der Waals surface area contributed by atoms with E-state index in [4.69, 9.17) is 16.2 Å². The maximum Gasteiger partial charge on any atom is 0.248 e. The van der Waals surface area contributed by atoms with Crippen LogP contribution in [0.3, 0.4) is 0 Å². The normalized spacial score (nSPS) is 23.2. The number of rotatable bonds is 4. The van der Waals surface area contributed by atoms with Crippen molar-refractivity contribution < 1.29 is 13.9 Å². The molecule has 1 saturated carbocycles. The molecule has 4 nitrogen and oxygen atoms in total. The van der Waals surface area contributed by atoms with Gasteiger partial charge in [0.05, 0.1) is 12.7 Å². The number of hydrogen-bond donors (Lipinski definition) is 2. The molecule has 2 rings (SSSR count). The molecule has 0 saturated heterocycles. The average molecular weight is 252 g/mol. The summed E-state index contributed by atoms with van der Waals surface area (Å²) in [5, 5.41) is 0. The molecule has 4 N–H and O–H groups in total. The Morgan fingerprint density at radius 1 is 1.44 bits per heavy atom. The lowest BCUT2D eigenvalue weighted by Crippen LogP contribution is -2.31. The first-order chi connectivity index (χ1) is 8.58. The van der Waals surface area contributed by atoms with Crippen LogP contribution in [0.2, 0.25) is 0 Å². The first-order valence-corrected chi connectivity index (χ1v) is 6.03. The zero-order valence-corrected chi connectivity index (χ0v) is 10.1. The topological polar surface area (TPSA) is 78.3 Å². The predicted molar refractivity (Wildman–Crippen MR) is 65.3 cm³/mol. The lowest BCUT2D eigenvalue weighted by atomic mass is 10.1.